The van der Waals surface area contributed by atoms with Crippen LogP contribution in [0.2, 0.25) is 10.0 Å². The Morgan fingerprint density at radius 2 is 2.08 bits per heavy atom. The standard InChI is InChI=1S/C19H21Cl2NO3S/c20-14-3-4-18(17(21)12-14)25-13-19(23)22(15-6-9-24-10-7-15)8-5-16-2-1-11-26-16/h1-4,11-12,15H,5-10,13H2. The van der Waals surface area contributed by atoms with Gasteiger partial charge in [0.25, 0.3) is 5.91 Å². The number of thiophene rings is 1. The predicted molar refractivity (Wildman–Crippen MR) is 106 cm³/mol. The van der Waals surface area contributed by atoms with Crippen LogP contribution in [0.3, 0.4) is 0 Å². The maximum absolute atomic E-state index is 12.8. The molecule has 1 saturated heterocycles. The van der Waals surface area contributed by atoms with Gasteiger partial charge in [0.1, 0.15) is 5.75 Å². The van der Waals surface area contributed by atoms with Crippen molar-refractivity contribution in [3.05, 3.63) is 50.6 Å². The second-order valence-corrected chi connectivity index (χ2v) is 8.00. The molecule has 4 nitrogen and oxygen atoms in total. The number of hydrogen-bond acceptors (Lipinski definition) is 4. The van der Waals surface area contributed by atoms with Crippen LogP contribution in [0.15, 0.2) is 35.7 Å². The summed E-state index contributed by atoms with van der Waals surface area (Å²) < 4.78 is 11.1. The molecule has 1 aliphatic heterocycles. The molecule has 140 valence electrons. The van der Waals surface area contributed by atoms with Crippen LogP contribution in [0.25, 0.3) is 0 Å². The van der Waals surface area contributed by atoms with Crippen molar-refractivity contribution in [1.29, 1.82) is 0 Å². The Morgan fingerprint density at radius 1 is 1.27 bits per heavy atom. The Bertz CT molecular complexity index is 718. The Balaban J connectivity index is 1.63. The van der Waals surface area contributed by atoms with E-state index in [0.29, 0.717) is 35.6 Å². The summed E-state index contributed by atoms with van der Waals surface area (Å²) in [6.07, 6.45) is 2.57. The van der Waals surface area contributed by atoms with Crippen LogP contribution in [0.5, 0.6) is 5.75 Å². The third kappa shape index (κ3) is 5.36. The third-order valence-corrected chi connectivity index (χ3v) is 5.84. The van der Waals surface area contributed by atoms with E-state index in [2.05, 4.69) is 11.4 Å². The topological polar surface area (TPSA) is 38.8 Å². The fourth-order valence-electron chi connectivity index (χ4n) is 3.01. The van der Waals surface area contributed by atoms with Gasteiger partial charge in [0.2, 0.25) is 0 Å². The van der Waals surface area contributed by atoms with Crippen molar-refractivity contribution in [1.82, 2.24) is 4.90 Å². The van der Waals surface area contributed by atoms with Crippen LogP contribution >= 0.6 is 34.5 Å². The minimum Gasteiger partial charge on any atom is -0.482 e. The van der Waals surface area contributed by atoms with E-state index in [1.54, 1.807) is 29.5 Å². The first-order chi connectivity index (χ1) is 12.6. The second kappa shape index (κ2) is 9.60. The summed E-state index contributed by atoms with van der Waals surface area (Å²) in [5, 5.41) is 3.00. The first-order valence-corrected chi connectivity index (χ1v) is 10.2. The van der Waals surface area contributed by atoms with Crippen molar-refractivity contribution in [3.63, 3.8) is 0 Å². The molecule has 2 heterocycles. The molecule has 1 aromatic heterocycles. The maximum atomic E-state index is 12.8. The predicted octanol–water partition coefficient (Wildman–Crippen LogP) is 4.68. The third-order valence-electron chi connectivity index (χ3n) is 4.38. The largest absolute Gasteiger partial charge is 0.482 e. The normalized spacial score (nSPS) is 15.0. The summed E-state index contributed by atoms with van der Waals surface area (Å²) in [4.78, 5) is 16.1. The molecule has 3 rings (SSSR count). The van der Waals surface area contributed by atoms with Gasteiger partial charge in [-0.2, -0.15) is 0 Å². The Morgan fingerprint density at radius 3 is 2.77 bits per heavy atom. The van der Waals surface area contributed by atoms with Gasteiger partial charge in [-0.05, 0) is 48.9 Å². The molecule has 0 bridgehead atoms. The number of benzene rings is 1. The van der Waals surface area contributed by atoms with E-state index in [1.165, 1.54) is 4.88 Å². The zero-order valence-corrected chi connectivity index (χ0v) is 16.7. The van der Waals surface area contributed by atoms with Gasteiger partial charge in [-0.1, -0.05) is 29.3 Å². The molecule has 0 saturated carbocycles. The lowest BCUT2D eigenvalue weighted by molar-refractivity contribution is -0.137. The number of halogens is 2. The van der Waals surface area contributed by atoms with Crippen molar-refractivity contribution >= 4 is 40.4 Å². The average Bonchev–Trinajstić information content (AvgIpc) is 3.15. The average molecular weight is 414 g/mol. The van der Waals surface area contributed by atoms with Crippen LogP contribution in [-0.2, 0) is 16.0 Å². The Hall–Kier alpha value is -1.27. The number of carbonyl (C=O) groups excluding carboxylic acids is 1. The quantitative estimate of drug-likeness (QED) is 0.660. The molecule has 0 spiro atoms. The monoisotopic (exact) mass is 413 g/mol. The summed E-state index contributed by atoms with van der Waals surface area (Å²) in [6.45, 7) is 2.03. The minimum atomic E-state index is -0.0385. The minimum absolute atomic E-state index is 0.0283. The highest BCUT2D eigenvalue weighted by Gasteiger charge is 2.26. The molecule has 0 unspecified atom stereocenters. The number of carbonyl (C=O) groups is 1. The molecule has 2 aromatic rings. The van der Waals surface area contributed by atoms with Crippen molar-refractivity contribution < 1.29 is 14.3 Å². The lowest BCUT2D eigenvalue weighted by atomic mass is 10.1. The van der Waals surface area contributed by atoms with Gasteiger partial charge in [0.15, 0.2) is 6.61 Å². The Kier molecular flexibility index (Phi) is 7.20. The second-order valence-electron chi connectivity index (χ2n) is 6.12. The molecule has 0 radical (unpaired) electrons. The lowest BCUT2D eigenvalue weighted by Gasteiger charge is -2.34. The molecular weight excluding hydrogens is 393 g/mol. The molecule has 0 N–H and O–H groups in total. The van der Waals surface area contributed by atoms with E-state index < -0.39 is 0 Å². The number of amides is 1. The van der Waals surface area contributed by atoms with Crippen LogP contribution < -0.4 is 4.74 Å². The molecule has 1 fully saturated rings. The summed E-state index contributed by atoms with van der Waals surface area (Å²) in [6, 6.07) is 9.31. The maximum Gasteiger partial charge on any atom is 0.260 e. The first kappa shape index (κ1) is 19.5. The number of hydrogen-bond donors (Lipinski definition) is 0. The van der Waals surface area contributed by atoms with Crippen LogP contribution in [0.4, 0.5) is 0 Å². The van der Waals surface area contributed by atoms with Crippen LogP contribution in [0, 0.1) is 0 Å². The summed E-state index contributed by atoms with van der Waals surface area (Å²) in [5.41, 5.74) is 0. The van der Waals surface area contributed by atoms with Crippen LogP contribution in [-0.4, -0.2) is 43.2 Å². The van der Waals surface area contributed by atoms with E-state index >= 15 is 0 Å². The first-order valence-electron chi connectivity index (χ1n) is 8.61. The smallest absolute Gasteiger partial charge is 0.260 e. The SMILES string of the molecule is O=C(COc1ccc(Cl)cc1Cl)N(CCc1cccs1)C1CCOCC1. The van der Waals surface area contributed by atoms with E-state index in [-0.39, 0.29) is 18.6 Å². The Labute approximate surface area is 167 Å². The highest BCUT2D eigenvalue weighted by atomic mass is 35.5. The summed E-state index contributed by atoms with van der Waals surface area (Å²) >= 11 is 13.7. The van der Waals surface area contributed by atoms with Gasteiger partial charge in [-0.15, -0.1) is 11.3 Å². The number of rotatable bonds is 7. The van der Waals surface area contributed by atoms with Crippen molar-refractivity contribution in [2.75, 3.05) is 26.4 Å². The van der Waals surface area contributed by atoms with Crippen molar-refractivity contribution in [2.24, 2.45) is 0 Å². The van der Waals surface area contributed by atoms with E-state index in [0.717, 1.165) is 19.3 Å². The lowest BCUT2D eigenvalue weighted by Crippen LogP contribution is -2.46. The summed E-state index contributed by atoms with van der Waals surface area (Å²) in [7, 11) is 0. The number of nitrogens with zero attached hydrogens (tertiary/aromatic N) is 1. The van der Waals surface area contributed by atoms with E-state index in [1.807, 2.05) is 11.0 Å². The molecule has 0 atom stereocenters. The van der Waals surface area contributed by atoms with Gasteiger partial charge in [0.05, 0.1) is 5.02 Å². The fraction of sp³-hybridized carbons (Fsp3) is 0.421. The van der Waals surface area contributed by atoms with Crippen molar-refractivity contribution in [2.45, 2.75) is 25.3 Å². The molecule has 7 heteroatoms. The molecule has 1 aliphatic rings. The van der Waals surface area contributed by atoms with E-state index in [4.69, 9.17) is 32.7 Å². The summed E-state index contributed by atoms with van der Waals surface area (Å²) in [5.74, 6) is 0.439. The van der Waals surface area contributed by atoms with Gasteiger partial charge in [-0.3, -0.25) is 4.79 Å². The molecule has 1 aromatic carbocycles. The molecule has 26 heavy (non-hydrogen) atoms. The zero-order chi connectivity index (χ0) is 18.4. The van der Waals surface area contributed by atoms with Gasteiger partial charge < -0.3 is 14.4 Å². The molecule has 0 aliphatic carbocycles. The van der Waals surface area contributed by atoms with E-state index in [9.17, 15) is 4.79 Å². The molecule has 1 amide bonds. The number of ether oxygens (including phenoxy) is 2. The van der Waals surface area contributed by atoms with Gasteiger partial charge >= 0.3 is 0 Å². The van der Waals surface area contributed by atoms with Crippen LogP contribution in [0.1, 0.15) is 17.7 Å². The molecular formula is C19H21Cl2NO3S. The highest BCUT2D eigenvalue weighted by molar-refractivity contribution is 7.09. The van der Waals surface area contributed by atoms with Crippen molar-refractivity contribution in [3.8, 4) is 5.75 Å². The fourth-order valence-corrected chi connectivity index (χ4v) is 4.17. The zero-order valence-electron chi connectivity index (χ0n) is 14.3. The van der Waals surface area contributed by atoms with Gasteiger partial charge in [-0.25, -0.2) is 0 Å². The highest BCUT2D eigenvalue weighted by Crippen LogP contribution is 2.27. The van der Waals surface area contributed by atoms with Gasteiger partial charge in [0, 0.05) is 35.7 Å².